The first kappa shape index (κ1) is 13.2. The quantitative estimate of drug-likeness (QED) is 0.805. The first-order valence-corrected chi connectivity index (χ1v) is 5.75. The third-order valence-electron chi connectivity index (χ3n) is 2.30. The van der Waals surface area contributed by atoms with E-state index >= 15 is 0 Å². The molecule has 0 aliphatic carbocycles. The van der Waals surface area contributed by atoms with Crippen LogP contribution in [0.15, 0.2) is 24.3 Å². The Bertz CT molecular complexity index is 385. The van der Waals surface area contributed by atoms with E-state index in [-0.39, 0.29) is 18.4 Å². The number of hydrogen-bond acceptors (Lipinski definition) is 2. The minimum Gasteiger partial charge on any atom is -0.355 e. The summed E-state index contributed by atoms with van der Waals surface area (Å²) in [4.78, 5) is 22.9. The molecule has 0 radical (unpaired) electrons. The molecule has 17 heavy (non-hydrogen) atoms. The lowest BCUT2D eigenvalue weighted by Crippen LogP contribution is -2.37. The highest BCUT2D eigenvalue weighted by Gasteiger charge is 2.06. The molecule has 0 saturated heterocycles. The molecular formula is C13H18N2O2. The molecule has 1 aromatic carbocycles. The molecule has 2 amide bonds. The molecule has 4 heteroatoms. The molecule has 0 aliphatic heterocycles. The van der Waals surface area contributed by atoms with Gasteiger partial charge in [-0.2, -0.15) is 0 Å². The van der Waals surface area contributed by atoms with Gasteiger partial charge >= 0.3 is 0 Å². The third-order valence-corrected chi connectivity index (χ3v) is 2.30. The van der Waals surface area contributed by atoms with E-state index in [0.717, 1.165) is 12.0 Å². The lowest BCUT2D eigenvalue weighted by molar-refractivity contribution is -0.120. The van der Waals surface area contributed by atoms with Crippen LogP contribution in [0.3, 0.4) is 0 Å². The molecule has 0 heterocycles. The van der Waals surface area contributed by atoms with Crippen LogP contribution in [0.4, 0.5) is 0 Å². The van der Waals surface area contributed by atoms with Gasteiger partial charge in [0.2, 0.25) is 5.91 Å². The average Bonchev–Trinajstić information content (AvgIpc) is 2.34. The van der Waals surface area contributed by atoms with Crippen LogP contribution >= 0.6 is 0 Å². The van der Waals surface area contributed by atoms with Crippen LogP contribution in [0, 0.1) is 6.92 Å². The van der Waals surface area contributed by atoms with Crippen LogP contribution in [-0.4, -0.2) is 24.9 Å². The molecule has 1 rings (SSSR count). The van der Waals surface area contributed by atoms with Gasteiger partial charge in [-0.1, -0.05) is 24.6 Å². The van der Waals surface area contributed by atoms with Crippen molar-refractivity contribution in [3.05, 3.63) is 35.4 Å². The summed E-state index contributed by atoms with van der Waals surface area (Å²) in [6, 6.07) is 7.22. The van der Waals surface area contributed by atoms with E-state index in [9.17, 15) is 9.59 Å². The van der Waals surface area contributed by atoms with Crippen LogP contribution in [0.25, 0.3) is 0 Å². The number of hydrogen-bond donors (Lipinski definition) is 2. The van der Waals surface area contributed by atoms with Crippen LogP contribution in [0.1, 0.15) is 29.3 Å². The van der Waals surface area contributed by atoms with Gasteiger partial charge in [0.05, 0.1) is 6.54 Å². The van der Waals surface area contributed by atoms with Gasteiger partial charge in [-0.25, -0.2) is 0 Å². The van der Waals surface area contributed by atoms with Crippen LogP contribution in [0.2, 0.25) is 0 Å². The summed E-state index contributed by atoms with van der Waals surface area (Å²) in [6.45, 7) is 4.59. The van der Waals surface area contributed by atoms with Crippen molar-refractivity contribution in [2.45, 2.75) is 20.3 Å². The summed E-state index contributed by atoms with van der Waals surface area (Å²) >= 11 is 0. The van der Waals surface area contributed by atoms with Gasteiger partial charge in [0, 0.05) is 12.1 Å². The summed E-state index contributed by atoms with van der Waals surface area (Å²) in [5.74, 6) is -0.385. The molecule has 0 saturated carbocycles. The molecule has 92 valence electrons. The maximum Gasteiger partial charge on any atom is 0.251 e. The number of benzene rings is 1. The van der Waals surface area contributed by atoms with Gasteiger partial charge in [0.25, 0.3) is 5.91 Å². The van der Waals surface area contributed by atoms with E-state index in [4.69, 9.17) is 0 Å². The Morgan fingerprint density at radius 2 is 1.76 bits per heavy atom. The fraction of sp³-hybridized carbons (Fsp3) is 0.385. The maximum atomic E-state index is 11.6. The minimum atomic E-state index is -0.225. The van der Waals surface area contributed by atoms with Crippen molar-refractivity contribution >= 4 is 11.8 Å². The molecule has 0 aromatic heterocycles. The Labute approximate surface area is 101 Å². The number of aryl methyl sites for hydroxylation is 1. The minimum absolute atomic E-state index is 0.0205. The van der Waals surface area contributed by atoms with E-state index in [2.05, 4.69) is 10.6 Å². The lowest BCUT2D eigenvalue weighted by atomic mass is 10.1. The Balaban J connectivity index is 2.39. The average molecular weight is 234 g/mol. The van der Waals surface area contributed by atoms with Crippen molar-refractivity contribution in [2.24, 2.45) is 0 Å². The first-order chi connectivity index (χ1) is 8.13. The molecule has 0 atom stereocenters. The zero-order valence-electron chi connectivity index (χ0n) is 10.2. The first-order valence-electron chi connectivity index (χ1n) is 5.75. The van der Waals surface area contributed by atoms with Gasteiger partial charge in [0.1, 0.15) is 0 Å². The number of amides is 2. The fourth-order valence-electron chi connectivity index (χ4n) is 1.29. The van der Waals surface area contributed by atoms with E-state index in [1.165, 1.54) is 0 Å². The summed E-state index contributed by atoms with van der Waals surface area (Å²) < 4.78 is 0. The highest BCUT2D eigenvalue weighted by atomic mass is 16.2. The van der Waals surface area contributed by atoms with Gasteiger partial charge in [-0.3, -0.25) is 9.59 Å². The SMILES string of the molecule is CCCNC(=O)CNC(=O)c1ccc(C)cc1. The van der Waals surface area contributed by atoms with Crippen molar-refractivity contribution in [1.29, 1.82) is 0 Å². The van der Waals surface area contributed by atoms with Crippen molar-refractivity contribution < 1.29 is 9.59 Å². The summed E-state index contributed by atoms with van der Waals surface area (Å²) in [6.07, 6.45) is 0.887. The second-order valence-electron chi connectivity index (χ2n) is 3.90. The van der Waals surface area contributed by atoms with Gasteiger partial charge in [-0.15, -0.1) is 0 Å². The summed E-state index contributed by atoms with van der Waals surface area (Å²) in [7, 11) is 0. The molecule has 1 aromatic rings. The molecule has 0 aliphatic rings. The zero-order valence-corrected chi connectivity index (χ0v) is 10.2. The van der Waals surface area contributed by atoms with Gasteiger partial charge < -0.3 is 10.6 Å². The fourth-order valence-corrected chi connectivity index (χ4v) is 1.29. The maximum absolute atomic E-state index is 11.6. The van der Waals surface area contributed by atoms with Crippen molar-refractivity contribution in [3.63, 3.8) is 0 Å². The monoisotopic (exact) mass is 234 g/mol. The molecule has 0 bridgehead atoms. The van der Waals surface area contributed by atoms with E-state index in [0.29, 0.717) is 12.1 Å². The second-order valence-corrected chi connectivity index (χ2v) is 3.90. The number of carbonyl (C=O) groups is 2. The summed E-state index contributed by atoms with van der Waals surface area (Å²) in [5.41, 5.74) is 1.67. The molecule has 0 spiro atoms. The predicted molar refractivity (Wildman–Crippen MR) is 66.8 cm³/mol. The Kier molecular flexibility index (Phi) is 5.20. The largest absolute Gasteiger partial charge is 0.355 e. The predicted octanol–water partition coefficient (Wildman–Crippen LogP) is 1.25. The zero-order chi connectivity index (χ0) is 12.7. The number of carbonyl (C=O) groups excluding carboxylic acids is 2. The molecular weight excluding hydrogens is 216 g/mol. The Morgan fingerprint density at radius 1 is 1.12 bits per heavy atom. The lowest BCUT2D eigenvalue weighted by Gasteiger charge is -2.06. The molecule has 0 fully saturated rings. The van der Waals surface area contributed by atoms with Crippen molar-refractivity contribution in [3.8, 4) is 0 Å². The smallest absolute Gasteiger partial charge is 0.251 e. The third kappa shape index (κ3) is 4.68. The van der Waals surface area contributed by atoms with Gasteiger partial charge in [0.15, 0.2) is 0 Å². The van der Waals surface area contributed by atoms with Crippen molar-refractivity contribution in [2.75, 3.05) is 13.1 Å². The van der Waals surface area contributed by atoms with Crippen LogP contribution in [0.5, 0.6) is 0 Å². The van der Waals surface area contributed by atoms with E-state index in [1.54, 1.807) is 12.1 Å². The van der Waals surface area contributed by atoms with E-state index in [1.807, 2.05) is 26.0 Å². The van der Waals surface area contributed by atoms with E-state index < -0.39 is 0 Å². The molecule has 2 N–H and O–H groups in total. The topological polar surface area (TPSA) is 58.2 Å². The molecule has 0 unspecified atom stereocenters. The van der Waals surface area contributed by atoms with Crippen LogP contribution < -0.4 is 10.6 Å². The Morgan fingerprint density at radius 3 is 2.35 bits per heavy atom. The standard InChI is InChI=1S/C13H18N2O2/c1-3-8-14-12(16)9-15-13(17)11-6-4-10(2)5-7-11/h4-7H,3,8-9H2,1-2H3,(H,14,16)(H,15,17). The summed E-state index contributed by atoms with van der Waals surface area (Å²) in [5, 5.41) is 5.27. The van der Waals surface area contributed by atoms with Crippen molar-refractivity contribution in [1.82, 2.24) is 10.6 Å². The highest BCUT2D eigenvalue weighted by molar-refractivity contribution is 5.96. The normalized spacial score (nSPS) is 9.76. The Hall–Kier alpha value is -1.84. The number of rotatable bonds is 5. The highest BCUT2D eigenvalue weighted by Crippen LogP contribution is 2.02. The van der Waals surface area contributed by atoms with Crippen LogP contribution in [-0.2, 0) is 4.79 Å². The van der Waals surface area contributed by atoms with Gasteiger partial charge in [-0.05, 0) is 25.5 Å². The second kappa shape index (κ2) is 6.68. The molecule has 4 nitrogen and oxygen atoms in total. The number of nitrogens with one attached hydrogen (secondary N) is 2.